The highest BCUT2D eigenvalue weighted by atomic mass is 16.5. The van der Waals surface area contributed by atoms with E-state index in [-0.39, 0.29) is 17.6 Å². The van der Waals surface area contributed by atoms with E-state index in [1.807, 2.05) is 0 Å². The van der Waals surface area contributed by atoms with E-state index in [4.69, 9.17) is 4.74 Å². The molecule has 0 aromatic heterocycles. The summed E-state index contributed by atoms with van der Waals surface area (Å²) in [5.74, 6) is -0.544. The van der Waals surface area contributed by atoms with Crippen LogP contribution in [0.3, 0.4) is 0 Å². The van der Waals surface area contributed by atoms with Gasteiger partial charge < -0.3 is 4.74 Å². The van der Waals surface area contributed by atoms with Crippen LogP contribution in [-0.4, -0.2) is 18.4 Å². The van der Waals surface area contributed by atoms with Gasteiger partial charge in [-0.2, -0.15) is 0 Å². The van der Waals surface area contributed by atoms with Crippen LogP contribution < -0.4 is 0 Å². The Labute approximate surface area is 92.2 Å². The van der Waals surface area contributed by atoms with E-state index in [1.54, 1.807) is 0 Å². The van der Waals surface area contributed by atoms with Crippen LogP contribution in [0.4, 0.5) is 0 Å². The Bertz CT molecular complexity index is 209. The molecule has 0 N–H and O–H groups in total. The van der Waals surface area contributed by atoms with Gasteiger partial charge in [0.2, 0.25) is 0 Å². The highest BCUT2D eigenvalue weighted by molar-refractivity contribution is 5.94. The van der Waals surface area contributed by atoms with Crippen molar-refractivity contribution in [1.29, 1.82) is 0 Å². The fraction of sp³-hybridized carbons (Fsp3) is 0.833. The van der Waals surface area contributed by atoms with Crippen molar-refractivity contribution in [2.75, 3.05) is 6.61 Å². The number of ketones is 1. The van der Waals surface area contributed by atoms with E-state index in [0.29, 0.717) is 6.61 Å². The average molecular weight is 214 g/mol. The zero-order chi connectivity index (χ0) is 11.9. The highest BCUT2D eigenvalue weighted by Crippen LogP contribution is 2.30. The third-order valence-electron chi connectivity index (χ3n) is 3.18. The van der Waals surface area contributed by atoms with Crippen molar-refractivity contribution in [3.8, 4) is 0 Å². The fourth-order valence-corrected chi connectivity index (χ4v) is 1.54. The molecule has 0 aromatic rings. The van der Waals surface area contributed by atoms with Crippen LogP contribution in [0.5, 0.6) is 0 Å². The smallest absolute Gasteiger partial charge is 0.313 e. The molecule has 3 nitrogen and oxygen atoms in total. The van der Waals surface area contributed by atoms with Crippen LogP contribution >= 0.6 is 0 Å². The first kappa shape index (κ1) is 14.1. The Morgan fingerprint density at radius 2 is 1.53 bits per heavy atom. The molecule has 3 heteroatoms. The van der Waals surface area contributed by atoms with Gasteiger partial charge >= 0.3 is 5.97 Å². The van der Waals surface area contributed by atoms with E-state index in [2.05, 4.69) is 20.8 Å². The minimum Gasteiger partial charge on any atom is -0.465 e. The first-order valence-electron chi connectivity index (χ1n) is 5.64. The minimum atomic E-state index is -0.401. The van der Waals surface area contributed by atoms with E-state index in [1.165, 1.54) is 6.92 Å². The van der Waals surface area contributed by atoms with Crippen LogP contribution in [0.15, 0.2) is 0 Å². The molecular formula is C12H22O3. The minimum absolute atomic E-state index is 0.0897. The van der Waals surface area contributed by atoms with Crippen molar-refractivity contribution < 1.29 is 14.3 Å². The zero-order valence-corrected chi connectivity index (χ0v) is 10.3. The van der Waals surface area contributed by atoms with Gasteiger partial charge in [0, 0.05) is 5.41 Å². The molecule has 0 aromatic carbocycles. The number of carbonyl (C=O) groups excluding carboxylic acids is 2. The van der Waals surface area contributed by atoms with Gasteiger partial charge in [-0.25, -0.2) is 0 Å². The summed E-state index contributed by atoms with van der Waals surface area (Å²) >= 11 is 0. The Morgan fingerprint density at radius 3 is 1.87 bits per heavy atom. The molecule has 0 bridgehead atoms. The molecule has 0 unspecified atom stereocenters. The Hall–Kier alpha value is -0.860. The molecule has 0 saturated carbocycles. The zero-order valence-electron chi connectivity index (χ0n) is 10.3. The standard InChI is InChI=1S/C12H22O3/c1-5-12(6-2,7-3)9-15-11(14)8-10(4)13/h5-9H2,1-4H3. The molecule has 0 fully saturated rings. The van der Waals surface area contributed by atoms with Gasteiger partial charge in [0.15, 0.2) is 0 Å². The normalized spacial score (nSPS) is 11.2. The number of ether oxygens (including phenoxy) is 1. The van der Waals surface area contributed by atoms with E-state index >= 15 is 0 Å². The summed E-state index contributed by atoms with van der Waals surface area (Å²) in [7, 11) is 0. The van der Waals surface area contributed by atoms with Crippen LogP contribution in [0.25, 0.3) is 0 Å². The second-order valence-electron chi connectivity index (χ2n) is 4.10. The summed E-state index contributed by atoms with van der Waals surface area (Å²) in [6, 6.07) is 0. The largest absolute Gasteiger partial charge is 0.465 e. The molecule has 0 aliphatic heterocycles. The monoisotopic (exact) mass is 214 g/mol. The second kappa shape index (κ2) is 6.59. The third kappa shape index (κ3) is 4.96. The lowest BCUT2D eigenvalue weighted by Crippen LogP contribution is -2.27. The number of hydrogen-bond acceptors (Lipinski definition) is 3. The van der Waals surface area contributed by atoms with Crippen molar-refractivity contribution in [3.63, 3.8) is 0 Å². The molecule has 0 radical (unpaired) electrons. The summed E-state index contributed by atoms with van der Waals surface area (Å²) in [6.45, 7) is 8.14. The van der Waals surface area contributed by atoms with Crippen LogP contribution in [0.1, 0.15) is 53.4 Å². The van der Waals surface area contributed by atoms with E-state index < -0.39 is 5.97 Å². The van der Waals surface area contributed by atoms with Crippen molar-refractivity contribution >= 4 is 11.8 Å². The Morgan fingerprint density at radius 1 is 1.07 bits per heavy atom. The summed E-state index contributed by atoms with van der Waals surface area (Å²) in [5.41, 5.74) is 0.0897. The molecular weight excluding hydrogens is 192 g/mol. The van der Waals surface area contributed by atoms with Crippen LogP contribution in [0, 0.1) is 5.41 Å². The number of carbonyl (C=O) groups is 2. The predicted octanol–water partition coefficient (Wildman–Crippen LogP) is 2.73. The van der Waals surface area contributed by atoms with Gasteiger partial charge in [-0.05, 0) is 26.2 Å². The molecule has 0 spiro atoms. The second-order valence-corrected chi connectivity index (χ2v) is 4.10. The first-order chi connectivity index (χ1) is 6.99. The fourth-order valence-electron chi connectivity index (χ4n) is 1.54. The summed E-state index contributed by atoms with van der Waals surface area (Å²) in [4.78, 5) is 21.9. The predicted molar refractivity (Wildman–Crippen MR) is 59.6 cm³/mol. The lowest BCUT2D eigenvalue weighted by atomic mass is 9.81. The van der Waals surface area contributed by atoms with Gasteiger partial charge in [0.1, 0.15) is 12.2 Å². The van der Waals surface area contributed by atoms with Crippen LogP contribution in [-0.2, 0) is 14.3 Å². The topological polar surface area (TPSA) is 43.4 Å². The summed E-state index contributed by atoms with van der Waals surface area (Å²) < 4.78 is 5.13. The molecule has 0 aliphatic rings. The number of Topliss-reactive ketones (excluding diaryl/α,β-unsaturated/α-hetero) is 1. The molecule has 0 saturated heterocycles. The maximum absolute atomic E-state index is 11.2. The van der Waals surface area contributed by atoms with Gasteiger partial charge in [-0.3, -0.25) is 9.59 Å². The van der Waals surface area contributed by atoms with E-state index in [0.717, 1.165) is 19.3 Å². The number of rotatable bonds is 7. The molecule has 88 valence electrons. The Balaban J connectivity index is 4.10. The van der Waals surface area contributed by atoms with Crippen molar-refractivity contribution in [1.82, 2.24) is 0 Å². The molecule has 0 aliphatic carbocycles. The Kier molecular flexibility index (Phi) is 6.21. The van der Waals surface area contributed by atoms with Crippen molar-refractivity contribution in [3.05, 3.63) is 0 Å². The maximum Gasteiger partial charge on any atom is 0.313 e. The quantitative estimate of drug-likeness (QED) is 0.483. The van der Waals surface area contributed by atoms with Crippen molar-refractivity contribution in [2.24, 2.45) is 5.41 Å². The van der Waals surface area contributed by atoms with E-state index in [9.17, 15) is 9.59 Å². The lowest BCUT2D eigenvalue weighted by Gasteiger charge is -2.29. The van der Waals surface area contributed by atoms with Gasteiger partial charge in [0.05, 0.1) is 6.61 Å². The molecule has 0 heterocycles. The van der Waals surface area contributed by atoms with Crippen molar-refractivity contribution in [2.45, 2.75) is 53.4 Å². The first-order valence-corrected chi connectivity index (χ1v) is 5.64. The number of esters is 1. The number of hydrogen-bond donors (Lipinski definition) is 0. The molecule has 0 rings (SSSR count). The summed E-state index contributed by atoms with van der Waals surface area (Å²) in [6.07, 6.45) is 2.88. The summed E-state index contributed by atoms with van der Waals surface area (Å²) in [5, 5.41) is 0. The highest BCUT2D eigenvalue weighted by Gasteiger charge is 2.25. The SMILES string of the molecule is CCC(CC)(CC)COC(=O)CC(C)=O. The third-order valence-corrected chi connectivity index (χ3v) is 3.18. The van der Waals surface area contributed by atoms with Gasteiger partial charge in [-0.15, -0.1) is 0 Å². The average Bonchev–Trinajstić information content (AvgIpc) is 2.20. The van der Waals surface area contributed by atoms with Crippen LogP contribution in [0.2, 0.25) is 0 Å². The van der Waals surface area contributed by atoms with Gasteiger partial charge in [0.25, 0.3) is 0 Å². The maximum atomic E-state index is 11.2. The molecule has 0 atom stereocenters. The molecule has 0 amide bonds. The van der Waals surface area contributed by atoms with Gasteiger partial charge in [-0.1, -0.05) is 20.8 Å². The lowest BCUT2D eigenvalue weighted by molar-refractivity contribution is -0.149. The molecule has 15 heavy (non-hydrogen) atoms.